The van der Waals surface area contributed by atoms with Gasteiger partial charge in [-0.05, 0) is 43.0 Å². The van der Waals surface area contributed by atoms with Gasteiger partial charge in [-0.15, -0.1) is 12.4 Å². The van der Waals surface area contributed by atoms with Crippen LogP contribution in [-0.2, 0) is 27.8 Å². The summed E-state index contributed by atoms with van der Waals surface area (Å²) in [5, 5.41) is 5.87. The van der Waals surface area contributed by atoms with Gasteiger partial charge in [0.1, 0.15) is 5.82 Å². The minimum Gasteiger partial charge on any atom is -0.323 e. The standard InChI is InChI=1S/C16H22FN3O3S.ClH/c1-24(22,23)20-8-5-11(6-9-20)16(21)19-14-3-2-12-10-18-7-4-13(12)15(14)17;/h2-3,11,18H,4-10H2,1H3,(H,19,21);1H. The fourth-order valence-corrected chi connectivity index (χ4v) is 4.19. The topological polar surface area (TPSA) is 78.5 Å². The number of hydrogen-bond acceptors (Lipinski definition) is 4. The summed E-state index contributed by atoms with van der Waals surface area (Å²) in [5.41, 5.74) is 1.81. The number of nitrogens with zero attached hydrogens (tertiary/aromatic N) is 1. The minimum absolute atomic E-state index is 0. The molecule has 2 aliphatic heterocycles. The maximum absolute atomic E-state index is 14.6. The van der Waals surface area contributed by atoms with Crippen LogP contribution in [0.1, 0.15) is 24.0 Å². The Morgan fingerprint density at radius 3 is 2.64 bits per heavy atom. The van der Waals surface area contributed by atoms with E-state index in [1.54, 1.807) is 6.07 Å². The van der Waals surface area contributed by atoms with Crippen LogP contribution in [0.2, 0.25) is 0 Å². The normalized spacial score (nSPS) is 19.0. The van der Waals surface area contributed by atoms with E-state index in [4.69, 9.17) is 0 Å². The van der Waals surface area contributed by atoms with E-state index in [2.05, 4.69) is 10.6 Å². The van der Waals surface area contributed by atoms with Crippen LogP contribution < -0.4 is 10.6 Å². The number of carbonyl (C=O) groups is 1. The Kier molecular flexibility index (Phi) is 6.42. The molecule has 2 heterocycles. The van der Waals surface area contributed by atoms with Crippen molar-refractivity contribution in [2.45, 2.75) is 25.8 Å². The van der Waals surface area contributed by atoms with Gasteiger partial charge in [0.15, 0.2) is 0 Å². The third-order valence-electron chi connectivity index (χ3n) is 4.76. The van der Waals surface area contributed by atoms with Gasteiger partial charge in [-0.25, -0.2) is 17.1 Å². The van der Waals surface area contributed by atoms with E-state index < -0.39 is 10.0 Å². The van der Waals surface area contributed by atoms with Gasteiger partial charge in [0.25, 0.3) is 0 Å². The Morgan fingerprint density at radius 2 is 2.00 bits per heavy atom. The summed E-state index contributed by atoms with van der Waals surface area (Å²) < 4.78 is 39.0. The second-order valence-corrected chi connectivity index (χ2v) is 8.40. The van der Waals surface area contributed by atoms with Crippen molar-refractivity contribution in [1.29, 1.82) is 0 Å². The van der Waals surface area contributed by atoms with E-state index in [1.807, 2.05) is 6.07 Å². The highest BCUT2D eigenvalue weighted by molar-refractivity contribution is 7.88. The van der Waals surface area contributed by atoms with E-state index in [1.165, 1.54) is 10.6 Å². The Labute approximate surface area is 153 Å². The van der Waals surface area contributed by atoms with Gasteiger partial charge in [-0.3, -0.25) is 4.79 Å². The second kappa shape index (κ2) is 7.99. The predicted molar refractivity (Wildman–Crippen MR) is 96.8 cm³/mol. The molecule has 3 rings (SSSR count). The third kappa shape index (κ3) is 4.49. The molecule has 0 saturated carbocycles. The fraction of sp³-hybridized carbons (Fsp3) is 0.562. The number of anilines is 1. The first kappa shape index (κ1) is 20.1. The fourth-order valence-electron chi connectivity index (χ4n) is 3.31. The Balaban J connectivity index is 0.00000225. The van der Waals surface area contributed by atoms with E-state index in [-0.39, 0.29) is 35.7 Å². The molecule has 2 aliphatic rings. The molecular weight excluding hydrogens is 369 g/mol. The molecule has 0 unspecified atom stereocenters. The molecule has 1 aromatic carbocycles. The van der Waals surface area contributed by atoms with Crippen molar-refractivity contribution < 1.29 is 17.6 Å². The summed E-state index contributed by atoms with van der Waals surface area (Å²) in [6.45, 7) is 2.03. The molecule has 140 valence electrons. The average Bonchev–Trinajstić information content (AvgIpc) is 2.57. The lowest BCUT2D eigenvalue weighted by molar-refractivity contribution is -0.120. The number of hydrogen-bond donors (Lipinski definition) is 2. The van der Waals surface area contributed by atoms with Crippen LogP contribution in [0.5, 0.6) is 0 Å². The second-order valence-electron chi connectivity index (χ2n) is 6.42. The number of benzene rings is 1. The first-order chi connectivity index (χ1) is 11.4. The Hall–Kier alpha value is -1.22. The molecule has 0 aliphatic carbocycles. The third-order valence-corrected chi connectivity index (χ3v) is 6.06. The summed E-state index contributed by atoms with van der Waals surface area (Å²) in [6, 6.07) is 3.44. The van der Waals surface area contributed by atoms with Gasteiger partial charge in [-0.1, -0.05) is 6.07 Å². The van der Waals surface area contributed by atoms with E-state index in [9.17, 15) is 17.6 Å². The van der Waals surface area contributed by atoms with Gasteiger partial charge in [0.05, 0.1) is 11.9 Å². The lowest BCUT2D eigenvalue weighted by atomic mass is 9.96. The number of halogens is 2. The first-order valence-corrected chi connectivity index (χ1v) is 9.98. The number of carbonyl (C=O) groups excluding carboxylic acids is 1. The molecule has 2 N–H and O–H groups in total. The molecule has 1 aromatic rings. The van der Waals surface area contributed by atoms with Gasteiger partial charge in [0, 0.05) is 25.6 Å². The van der Waals surface area contributed by atoms with Crippen molar-refractivity contribution in [3.63, 3.8) is 0 Å². The van der Waals surface area contributed by atoms with Crippen molar-refractivity contribution in [2.75, 3.05) is 31.2 Å². The zero-order chi connectivity index (χ0) is 17.3. The van der Waals surface area contributed by atoms with E-state index >= 15 is 0 Å². The van der Waals surface area contributed by atoms with Crippen LogP contribution in [0.4, 0.5) is 10.1 Å². The summed E-state index contributed by atoms with van der Waals surface area (Å²) in [5.74, 6) is -0.882. The van der Waals surface area contributed by atoms with Crippen molar-refractivity contribution in [2.24, 2.45) is 5.92 Å². The Bertz CT molecular complexity index is 749. The smallest absolute Gasteiger partial charge is 0.227 e. The van der Waals surface area contributed by atoms with Gasteiger partial charge < -0.3 is 10.6 Å². The van der Waals surface area contributed by atoms with Crippen LogP contribution >= 0.6 is 12.4 Å². The van der Waals surface area contributed by atoms with Crippen molar-refractivity contribution in [3.05, 3.63) is 29.1 Å². The molecule has 0 aromatic heterocycles. The van der Waals surface area contributed by atoms with Gasteiger partial charge in [0.2, 0.25) is 15.9 Å². The van der Waals surface area contributed by atoms with Crippen LogP contribution in [0, 0.1) is 11.7 Å². The summed E-state index contributed by atoms with van der Waals surface area (Å²) in [7, 11) is -3.22. The van der Waals surface area contributed by atoms with Gasteiger partial charge >= 0.3 is 0 Å². The number of sulfonamides is 1. The number of amides is 1. The highest BCUT2D eigenvalue weighted by Gasteiger charge is 2.29. The molecule has 1 saturated heterocycles. The molecule has 0 bridgehead atoms. The van der Waals surface area contributed by atoms with Crippen LogP contribution in [-0.4, -0.2) is 44.5 Å². The van der Waals surface area contributed by atoms with Crippen molar-refractivity contribution in [3.8, 4) is 0 Å². The number of fused-ring (bicyclic) bond motifs is 1. The van der Waals surface area contributed by atoms with Crippen molar-refractivity contribution in [1.82, 2.24) is 9.62 Å². The molecule has 1 amide bonds. The molecular formula is C16H23ClFN3O3S. The van der Waals surface area contributed by atoms with Crippen molar-refractivity contribution >= 4 is 34.0 Å². The molecule has 0 radical (unpaired) electrons. The SMILES string of the molecule is CS(=O)(=O)N1CCC(C(=O)Nc2ccc3c(c2F)CCNC3)CC1.Cl. The average molecular weight is 392 g/mol. The van der Waals surface area contributed by atoms with Crippen LogP contribution in [0.25, 0.3) is 0 Å². The summed E-state index contributed by atoms with van der Waals surface area (Å²) in [4.78, 5) is 12.4. The highest BCUT2D eigenvalue weighted by atomic mass is 35.5. The largest absolute Gasteiger partial charge is 0.323 e. The number of nitrogens with one attached hydrogen (secondary N) is 2. The van der Waals surface area contributed by atoms with E-state index in [0.717, 1.165) is 12.1 Å². The molecule has 0 atom stereocenters. The zero-order valence-electron chi connectivity index (χ0n) is 14.0. The lowest BCUT2D eigenvalue weighted by Crippen LogP contribution is -2.41. The number of rotatable bonds is 3. The monoisotopic (exact) mass is 391 g/mol. The molecule has 0 spiro atoms. The quantitative estimate of drug-likeness (QED) is 0.818. The van der Waals surface area contributed by atoms with Crippen LogP contribution in [0.3, 0.4) is 0 Å². The predicted octanol–water partition coefficient (Wildman–Crippen LogP) is 1.50. The van der Waals surface area contributed by atoms with E-state index in [0.29, 0.717) is 44.5 Å². The summed E-state index contributed by atoms with van der Waals surface area (Å²) in [6.07, 6.45) is 2.69. The van der Waals surface area contributed by atoms with Crippen LogP contribution in [0.15, 0.2) is 12.1 Å². The highest BCUT2D eigenvalue weighted by Crippen LogP contribution is 2.26. The zero-order valence-corrected chi connectivity index (χ0v) is 15.7. The van der Waals surface area contributed by atoms with Gasteiger partial charge in [-0.2, -0.15) is 0 Å². The lowest BCUT2D eigenvalue weighted by Gasteiger charge is -2.29. The Morgan fingerprint density at radius 1 is 1.32 bits per heavy atom. The maximum atomic E-state index is 14.6. The molecule has 9 heteroatoms. The molecule has 1 fully saturated rings. The molecule has 6 nitrogen and oxygen atoms in total. The number of piperidine rings is 1. The molecule has 25 heavy (non-hydrogen) atoms. The first-order valence-electron chi connectivity index (χ1n) is 8.13. The summed E-state index contributed by atoms with van der Waals surface area (Å²) >= 11 is 0. The maximum Gasteiger partial charge on any atom is 0.227 e. The minimum atomic E-state index is -3.22.